The van der Waals surface area contributed by atoms with Crippen LogP contribution in [0.15, 0.2) is 253 Å². The van der Waals surface area contributed by atoms with Gasteiger partial charge in [-0.2, -0.15) is 0 Å². The maximum atomic E-state index is 6.30. The van der Waals surface area contributed by atoms with E-state index in [1.165, 1.54) is 76.8 Å². The Kier molecular flexibility index (Phi) is 8.02. The van der Waals surface area contributed by atoms with Gasteiger partial charge in [0.05, 0.1) is 11.1 Å². The van der Waals surface area contributed by atoms with Crippen molar-refractivity contribution in [3.05, 3.63) is 271 Å². The number of hydrogen-bond donors (Lipinski definition) is 0. The molecule has 15 rings (SSSR count). The van der Waals surface area contributed by atoms with E-state index in [4.69, 9.17) is 4.42 Å². The number of rotatable bonds is 5. The molecular formula is C67H41NO. The highest BCUT2D eigenvalue weighted by Crippen LogP contribution is 2.64. The Hall–Kier alpha value is -8.98. The lowest BCUT2D eigenvalue weighted by Gasteiger charge is -2.32. The molecule has 0 fully saturated rings. The molecular weight excluding hydrogens is 835 g/mol. The summed E-state index contributed by atoms with van der Waals surface area (Å²) in [5, 5.41) is 9.84. The van der Waals surface area contributed by atoms with Crippen LogP contribution in [-0.4, -0.2) is 0 Å². The number of fused-ring (bicyclic) bond motifs is 19. The summed E-state index contributed by atoms with van der Waals surface area (Å²) in [5.41, 5.74) is 19.8. The second-order valence-corrected chi connectivity index (χ2v) is 18.7. The molecule has 0 bridgehead atoms. The van der Waals surface area contributed by atoms with Crippen LogP contribution in [0.25, 0.3) is 98.8 Å². The highest BCUT2D eigenvalue weighted by molar-refractivity contribution is 6.26. The predicted molar refractivity (Wildman–Crippen MR) is 288 cm³/mol. The summed E-state index contributed by atoms with van der Waals surface area (Å²) in [5.74, 6) is 0. The number of furan rings is 1. The van der Waals surface area contributed by atoms with Gasteiger partial charge in [-0.3, -0.25) is 0 Å². The molecule has 1 aromatic heterocycles. The standard InChI is InChI=1S/C67H41NO/c1-2-19-50-48(17-1)49-18-3-4-20-51(49)58-41-47(36-38-52(50)58)68(46-34-31-42(32-35-46)43-15-13-16-44(39-43)45-33-37-56-55-23-8-12-30-64(55)69-65(56)40-45)63-29-14-28-62-66(63)57-24-7-11-27-61(57)67(62)59-25-9-5-21-53(59)54-22-6-10-26-60(54)67/h1-41H. The number of hydrogen-bond acceptors (Lipinski definition) is 2. The first-order valence-corrected chi connectivity index (χ1v) is 23.9. The van der Waals surface area contributed by atoms with Crippen molar-refractivity contribution in [3.8, 4) is 44.5 Å². The van der Waals surface area contributed by atoms with Crippen LogP contribution >= 0.6 is 0 Å². The summed E-state index contributed by atoms with van der Waals surface area (Å²) >= 11 is 0. The van der Waals surface area contributed by atoms with Gasteiger partial charge in [-0.15, -0.1) is 0 Å². The fourth-order valence-corrected chi connectivity index (χ4v) is 12.4. The van der Waals surface area contributed by atoms with Gasteiger partial charge in [0.1, 0.15) is 11.2 Å². The second-order valence-electron chi connectivity index (χ2n) is 18.7. The molecule has 2 nitrogen and oxygen atoms in total. The number of nitrogens with zero attached hydrogens (tertiary/aromatic N) is 1. The monoisotopic (exact) mass is 875 g/mol. The van der Waals surface area contributed by atoms with E-state index in [1.54, 1.807) is 0 Å². The van der Waals surface area contributed by atoms with Gasteiger partial charge in [0.25, 0.3) is 0 Å². The van der Waals surface area contributed by atoms with E-state index in [0.29, 0.717) is 0 Å². The lowest BCUT2D eigenvalue weighted by Crippen LogP contribution is -2.26. The number of para-hydroxylation sites is 1. The first-order chi connectivity index (χ1) is 34.2. The zero-order valence-electron chi connectivity index (χ0n) is 37.5. The predicted octanol–water partition coefficient (Wildman–Crippen LogP) is 18.2. The van der Waals surface area contributed by atoms with E-state index < -0.39 is 5.41 Å². The number of benzene rings is 12. The molecule has 2 aliphatic carbocycles. The molecule has 0 aliphatic heterocycles. The topological polar surface area (TPSA) is 16.4 Å². The summed E-state index contributed by atoms with van der Waals surface area (Å²) in [7, 11) is 0. The van der Waals surface area contributed by atoms with E-state index in [0.717, 1.165) is 61.3 Å². The van der Waals surface area contributed by atoms with Crippen molar-refractivity contribution in [1.29, 1.82) is 0 Å². The first kappa shape index (κ1) is 38.2. The summed E-state index contributed by atoms with van der Waals surface area (Å²) in [6.45, 7) is 0. The molecule has 13 aromatic rings. The van der Waals surface area contributed by atoms with Crippen LogP contribution in [0.2, 0.25) is 0 Å². The van der Waals surface area contributed by atoms with Crippen molar-refractivity contribution in [2.45, 2.75) is 5.41 Å². The molecule has 0 atom stereocenters. The molecule has 2 aliphatic rings. The minimum Gasteiger partial charge on any atom is -0.456 e. The van der Waals surface area contributed by atoms with Crippen LogP contribution in [0.5, 0.6) is 0 Å². The highest BCUT2D eigenvalue weighted by atomic mass is 16.3. The highest BCUT2D eigenvalue weighted by Gasteiger charge is 2.52. The van der Waals surface area contributed by atoms with Crippen LogP contribution in [0, 0.1) is 0 Å². The fourth-order valence-electron chi connectivity index (χ4n) is 12.4. The minimum absolute atomic E-state index is 0.455. The molecule has 1 spiro atoms. The van der Waals surface area contributed by atoms with Gasteiger partial charge in [0.2, 0.25) is 0 Å². The van der Waals surface area contributed by atoms with E-state index in [2.05, 4.69) is 241 Å². The van der Waals surface area contributed by atoms with Crippen molar-refractivity contribution >= 4 is 71.3 Å². The summed E-state index contributed by atoms with van der Waals surface area (Å²) in [6.07, 6.45) is 0. The van der Waals surface area contributed by atoms with Gasteiger partial charge >= 0.3 is 0 Å². The molecule has 0 radical (unpaired) electrons. The van der Waals surface area contributed by atoms with Crippen molar-refractivity contribution in [1.82, 2.24) is 0 Å². The van der Waals surface area contributed by atoms with Crippen molar-refractivity contribution in [2.24, 2.45) is 0 Å². The quantitative estimate of drug-likeness (QED) is 0.160. The van der Waals surface area contributed by atoms with Gasteiger partial charge in [0.15, 0.2) is 0 Å². The third-order valence-corrected chi connectivity index (χ3v) is 15.3. The molecule has 12 aromatic carbocycles. The summed E-state index contributed by atoms with van der Waals surface area (Å²) < 4.78 is 6.30. The van der Waals surface area contributed by atoms with Crippen LogP contribution < -0.4 is 4.90 Å². The maximum absolute atomic E-state index is 6.30. The van der Waals surface area contributed by atoms with Gasteiger partial charge in [-0.1, -0.05) is 194 Å². The summed E-state index contributed by atoms with van der Waals surface area (Å²) in [6, 6.07) is 92.0. The maximum Gasteiger partial charge on any atom is 0.136 e. The molecule has 1 heterocycles. The smallest absolute Gasteiger partial charge is 0.136 e. The Bertz CT molecular complexity index is 4190. The average Bonchev–Trinajstić information content (AvgIpc) is 4.05. The Morgan fingerprint density at radius 3 is 1.43 bits per heavy atom. The van der Waals surface area contributed by atoms with Crippen molar-refractivity contribution in [2.75, 3.05) is 4.90 Å². The van der Waals surface area contributed by atoms with Crippen LogP contribution in [0.4, 0.5) is 17.1 Å². The van der Waals surface area contributed by atoms with Gasteiger partial charge in [-0.25, -0.2) is 0 Å². The van der Waals surface area contributed by atoms with E-state index >= 15 is 0 Å². The molecule has 0 saturated carbocycles. The van der Waals surface area contributed by atoms with Crippen LogP contribution in [0.1, 0.15) is 22.3 Å². The Balaban J connectivity index is 0.931. The van der Waals surface area contributed by atoms with Gasteiger partial charge < -0.3 is 9.32 Å². The molecule has 0 saturated heterocycles. The lowest BCUT2D eigenvalue weighted by molar-refractivity contribution is 0.669. The largest absolute Gasteiger partial charge is 0.456 e. The van der Waals surface area contributed by atoms with E-state index in [1.807, 2.05) is 12.1 Å². The fraction of sp³-hybridized carbons (Fsp3) is 0.0149. The normalized spacial score (nSPS) is 13.0. The van der Waals surface area contributed by atoms with Crippen LogP contribution in [-0.2, 0) is 5.41 Å². The minimum atomic E-state index is -0.455. The van der Waals surface area contributed by atoms with Crippen molar-refractivity contribution < 1.29 is 4.42 Å². The molecule has 69 heavy (non-hydrogen) atoms. The summed E-state index contributed by atoms with van der Waals surface area (Å²) in [4.78, 5) is 2.51. The lowest BCUT2D eigenvalue weighted by atomic mass is 9.70. The second kappa shape index (κ2) is 14.5. The van der Waals surface area contributed by atoms with E-state index in [9.17, 15) is 0 Å². The molecule has 320 valence electrons. The zero-order chi connectivity index (χ0) is 45.2. The van der Waals surface area contributed by atoms with Gasteiger partial charge in [0, 0.05) is 27.7 Å². The molecule has 0 unspecified atom stereocenters. The average molecular weight is 876 g/mol. The molecule has 2 heteroatoms. The number of anilines is 3. The third kappa shape index (κ3) is 5.37. The molecule has 0 amide bonds. The zero-order valence-corrected chi connectivity index (χ0v) is 37.5. The Morgan fingerprint density at radius 2 is 0.739 bits per heavy atom. The van der Waals surface area contributed by atoms with Crippen molar-refractivity contribution in [3.63, 3.8) is 0 Å². The van der Waals surface area contributed by atoms with Crippen LogP contribution in [0.3, 0.4) is 0 Å². The Labute approximate surface area is 399 Å². The third-order valence-electron chi connectivity index (χ3n) is 15.3. The SMILES string of the molecule is c1cc(-c2ccc(N(c3ccc4c5ccccc5c5ccccc5c4c3)c3cccc4c3-c3ccccc3C43c4ccccc4-c4ccccc43)cc2)cc(-c2ccc3c(c2)oc2ccccc23)c1. The first-order valence-electron chi connectivity index (χ1n) is 23.9. The molecule has 0 N–H and O–H groups in total. The van der Waals surface area contributed by atoms with E-state index in [-0.39, 0.29) is 0 Å². The van der Waals surface area contributed by atoms with Gasteiger partial charge in [-0.05, 0) is 148 Å². The Morgan fingerprint density at radius 1 is 0.275 bits per heavy atom.